The molecule has 2 aliphatic heterocycles. The zero-order valence-electron chi connectivity index (χ0n) is 17.1. The summed E-state index contributed by atoms with van der Waals surface area (Å²) in [6, 6.07) is 11.7. The largest absolute Gasteiger partial charge is 0.508 e. The molecular weight excluding hydrogens is 382 g/mol. The second-order valence-corrected chi connectivity index (χ2v) is 8.10. The average Bonchev–Trinajstić information content (AvgIpc) is 3.21. The maximum Gasteiger partial charge on any atom is 0.336 e. The summed E-state index contributed by atoms with van der Waals surface area (Å²) in [6.07, 6.45) is 2.95. The summed E-state index contributed by atoms with van der Waals surface area (Å²) in [5, 5.41) is 11.1. The Balaban J connectivity index is 1.49. The van der Waals surface area contributed by atoms with E-state index in [9.17, 15) is 9.90 Å². The first kappa shape index (κ1) is 19.0. The number of phenols is 1. The minimum absolute atomic E-state index is 0.174. The highest BCUT2D eigenvalue weighted by Gasteiger charge is 2.31. The van der Waals surface area contributed by atoms with Crippen LogP contribution in [-0.4, -0.2) is 24.9 Å². The summed E-state index contributed by atoms with van der Waals surface area (Å²) in [5.41, 5.74) is 3.14. The molecule has 1 aromatic heterocycles. The number of hydrogen-bond acceptors (Lipinski definition) is 5. The molecule has 5 rings (SSSR count). The summed E-state index contributed by atoms with van der Waals surface area (Å²) in [4.78, 5) is 13.6. The highest BCUT2D eigenvalue weighted by molar-refractivity contribution is 5.82. The summed E-state index contributed by atoms with van der Waals surface area (Å²) >= 11 is 0. The van der Waals surface area contributed by atoms with E-state index in [-0.39, 0.29) is 11.4 Å². The van der Waals surface area contributed by atoms with Crippen molar-refractivity contribution in [1.29, 1.82) is 0 Å². The molecule has 1 unspecified atom stereocenters. The maximum absolute atomic E-state index is 12.2. The van der Waals surface area contributed by atoms with E-state index in [1.165, 1.54) is 10.5 Å². The van der Waals surface area contributed by atoms with Crippen molar-refractivity contribution in [2.24, 2.45) is 0 Å². The first-order valence-corrected chi connectivity index (χ1v) is 10.6. The number of likely N-dealkylation sites (tertiary alicyclic amines) is 1. The van der Waals surface area contributed by atoms with E-state index in [1.54, 1.807) is 12.1 Å². The molecule has 3 heterocycles. The zero-order chi connectivity index (χ0) is 20.7. The Bertz CT molecular complexity index is 1150. The highest BCUT2D eigenvalue weighted by atomic mass is 16.6. The molecule has 2 N–H and O–H groups in total. The van der Waals surface area contributed by atoms with Gasteiger partial charge in [0.2, 0.25) is 0 Å². The Morgan fingerprint density at radius 1 is 1.07 bits per heavy atom. The predicted molar refractivity (Wildman–Crippen MR) is 112 cm³/mol. The second kappa shape index (κ2) is 7.69. The fourth-order valence-corrected chi connectivity index (χ4v) is 4.78. The van der Waals surface area contributed by atoms with Gasteiger partial charge in [-0.05, 0) is 36.2 Å². The molecule has 2 aromatic carbocycles. The molecule has 1 fully saturated rings. The number of phenolic OH excluding ortho intramolecular Hbond substituents is 1. The zero-order valence-corrected chi connectivity index (χ0v) is 17.1. The maximum atomic E-state index is 12.2. The van der Waals surface area contributed by atoms with Crippen LogP contribution in [0, 0.1) is 0 Å². The SMILES string of the molecule is CCc1cc2c(C[NH+]3CCC[C@H]3c3ccc4c(c3)OCCO4)cc(=O)oc2cc1O. The van der Waals surface area contributed by atoms with Crippen molar-refractivity contribution < 1.29 is 23.9 Å². The van der Waals surface area contributed by atoms with Gasteiger partial charge in [-0.25, -0.2) is 4.79 Å². The number of ether oxygens (including phenoxy) is 2. The van der Waals surface area contributed by atoms with Crippen molar-refractivity contribution in [1.82, 2.24) is 0 Å². The van der Waals surface area contributed by atoms with Gasteiger partial charge in [0.25, 0.3) is 0 Å². The van der Waals surface area contributed by atoms with Crippen LogP contribution in [0.25, 0.3) is 11.0 Å². The Labute approximate surface area is 174 Å². The predicted octanol–water partition coefficient (Wildman–Crippen LogP) is 2.75. The first-order chi connectivity index (χ1) is 14.6. The fourth-order valence-electron chi connectivity index (χ4n) is 4.78. The van der Waals surface area contributed by atoms with Gasteiger partial charge in [-0.15, -0.1) is 0 Å². The molecule has 6 nitrogen and oxygen atoms in total. The number of rotatable bonds is 4. The lowest BCUT2D eigenvalue weighted by Gasteiger charge is -2.24. The number of hydrogen-bond donors (Lipinski definition) is 2. The Morgan fingerprint density at radius 3 is 2.73 bits per heavy atom. The molecule has 0 saturated carbocycles. The van der Waals surface area contributed by atoms with Crippen molar-refractivity contribution in [3.05, 3.63) is 63.5 Å². The number of fused-ring (bicyclic) bond motifs is 2. The third-order valence-electron chi connectivity index (χ3n) is 6.28. The van der Waals surface area contributed by atoms with Gasteiger partial charge in [0.05, 0.1) is 6.54 Å². The van der Waals surface area contributed by atoms with Gasteiger partial charge in [0.15, 0.2) is 11.5 Å². The smallest absolute Gasteiger partial charge is 0.336 e. The highest BCUT2D eigenvalue weighted by Crippen LogP contribution is 2.34. The number of benzene rings is 2. The number of quaternary nitrogens is 1. The molecule has 0 amide bonds. The minimum atomic E-state index is -0.379. The van der Waals surface area contributed by atoms with Crippen LogP contribution < -0.4 is 20.0 Å². The van der Waals surface area contributed by atoms with Crippen molar-refractivity contribution in [2.45, 2.75) is 38.8 Å². The molecular formula is C24H26NO5+. The third-order valence-corrected chi connectivity index (χ3v) is 6.28. The molecule has 0 radical (unpaired) electrons. The molecule has 6 heteroatoms. The van der Waals surface area contributed by atoms with Crippen LogP contribution in [-0.2, 0) is 13.0 Å². The van der Waals surface area contributed by atoms with Crippen LogP contribution in [0.2, 0.25) is 0 Å². The molecule has 2 aliphatic rings. The van der Waals surface area contributed by atoms with Crippen LogP contribution in [0.15, 0.2) is 45.6 Å². The average molecular weight is 408 g/mol. The summed E-state index contributed by atoms with van der Waals surface area (Å²) in [6.45, 7) is 4.94. The van der Waals surface area contributed by atoms with E-state index in [2.05, 4.69) is 12.1 Å². The van der Waals surface area contributed by atoms with E-state index in [0.29, 0.717) is 24.8 Å². The fraction of sp³-hybridized carbons (Fsp3) is 0.375. The van der Waals surface area contributed by atoms with Gasteiger partial charge in [-0.2, -0.15) is 0 Å². The van der Waals surface area contributed by atoms with Gasteiger partial charge < -0.3 is 23.9 Å². The van der Waals surface area contributed by atoms with Crippen molar-refractivity contribution in [3.8, 4) is 17.2 Å². The van der Waals surface area contributed by atoms with Crippen molar-refractivity contribution in [3.63, 3.8) is 0 Å². The van der Waals surface area contributed by atoms with Gasteiger partial charge in [0, 0.05) is 41.5 Å². The minimum Gasteiger partial charge on any atom is -0.508 e. The normalized spacial score (nSPS) is 20.6. The molecule has 156 valence electrons. The third kappa shape index (κ3) is 3.41. The molecule has 0 spiro atoms. The Kier molecular flexibility index (Phi) is 4.87. The monoisotopic (exact) mass is 408 g/mol. The van der Waals surface area contributed by atoms with Gasteiger partial charge in [0.1, 0.15) is 37.1 Å². The number of aromatic hydroxyl groups is 1. The van der Waals surface area contributed by atoms with Crippen LogP contribution in [0.3, 0.4) is 0 Å². The lowest BCUT2D eigenvalue weighted by molar-refractivity contribution is -0.931. The van der Waals surface area contributed by atoms with Crippen molar-refractivity contribution >= 4 is 11.0 Å². The lowest BCUT2D eigenvalue weighted by Crippen LogP contribution is -3.08. The lowest BCUT2D eigenvalue weighted by atomic mass is 10.0. The summed E-state index contributed by atoms with van der Waals surface area (Å²) in [5.74, 6) is 1.80. The van der Waals surface area contributed by atoms with E-state index >= 15 is 0 Å². The summed E-state index contributed by atoms with van der Waals surface area (Å²) < 4.78 is 16.8. The van der Waals surface area contributed by atoms with E-state index < -0.39 is 0 Å². The topological polar surface area (TPSA) is 73.3 Å². The van der Waals surface area contributed by atoms with Crippen molar-refractivity contribution in [2.75, 3.05) is 19.8 Å². The quantitative estimate of drug-likeness (QED) is 0.650. The number of nitrogens with one attached hydrogen (secondary N) is 1. The van der Waals surface area contributed by atoms with Crippen LogP contribution in [0.5, 0.6) is 17.2 Å². The van der Waals surface area contributed by atoms with E-state index in [1.807, 2.05) is 19.1 Å². The van der Waals surface area contributed by atoms with Gasteiger partial charge in [-0.1, -0.05) is 6.92 Å². The molecule has 3 aromatic rings. The van der Waals surface area contributed by atoms with Gasteiger partial charge >= 0.3 is 5.63 Å². The summed E-state index contributed by atoms with van der Waals surface area (Å²) in [7, 11) is 0. The standard InChI is InChI=1S/C24H25NO5/c1-2-15-10-18-17(12-24(27)30-22(18)13-20(15)26)14-25-7-3-4-19(25)16-5-6-21-23(11-16)29-9-8-28-21/h5-6,10-13,19,26H,2-4,7-9,14H2,1H3/p+1/t19-/m0/s1. The molecule has 2 atom stereocenters. The Morgan fingerprint density at radius 2 is 1.90 bits per heavy atom. The molecule has 1 saturated heterocycles. The van der Waals surface area contributed by atoms with E-state index in [0.717, 1.165) is 60.4 Å². The first-order valence-electron chi connectivity index (χ1n) is 10.6. The van der Waals surface area contributed by atoms with E-state index in [4.69, 9.17) is 13.9 Å². The molecule has 0 bridgehead atoms. The van der Waals surface area contributed by atoms with Crippen LogP contribution >= 0.6 is 0 Å². The second-order valence-electron chi connectivity index (χ2n) is 8.10. The Hall–Kier alpha value is -2.99. The van der Waals surface area contributed by atoms with Crippen LogP contribution in [0.4, 0.5) is 0 Å². The molecule has 0 aliphatic carbocycles. The van der Waals surface area contributed by atoms with Gasteiger partial charge in [-0.3, -0.25) is 0 Å². The number of aryl methyl sites for hydroxylation is 1. The van der Waals surface area contributed by atoms with Crippen LogP contribution in [0.1, 0.15) is 42.5 Å². The molecule has 30 heavy (non-hydrogen) atoms.